The second kappa shape index (κ2) is 6.81. The lowest BCUT2D eigenvalue weighted by molar-refractivity contribution is 0.116. The topological polar surface area (TPSA) is 56.0 Å². The van der Waals surface area contributed by atoms with Gasteiger partial charge >= 0.3 is 0 Å². The molecule has 0 aliphatic carbocycles. The molecular weight excluding hydrogens is 188 g/mol. The fourth-order valence-electron chi connectivity index (χ4n) is 1.55. The van der Waals surface area contributed by atoms with Gasteiger partial charge in [0, 0.05) is 12.6 Å². The maximum Gasteiger partial charge on any atom is 0.0669 e. The van der Waals surface area contributed by atoms with Crippen LogP contribution in [0.4, 0.5) is 0 Å². The number of aliphatic hydroxyl groups is 1. The van der Waals surface area contributed by atoms with Gasteiger partial charge < -0.3 is 10.4 Å². The normalized spacial score (nSPS) is 15.7. The van der Waals surface area contributed by atoms with Gasteiger partial charge in [-0.1, -0.05) is 27.7 Å². The molecule has 3 nitrogen and oxygen atoms in total. The molecule has 2 N–H and O–H groups in total. The highest BCUT2D eigenvalue weighted by Gasteiger charge is 2.17. The van der Waals surface area contributed by atoms with Crippen molar-refractivity contribution < 1.29 is 5.11 Å². The zero-order valence-electron chi connectivity index (χ0n) is 10.4. The number of nitrogens with zero attached hydrogens (tertiary/aromatic N) is 1. The zero-order chi connectivity index (χ0) is 11.9. The Morgan fingerprint density at radius 2 is 2.00 bits per heavy atom. The molecule has 0 rings (SSSR count). The molecule has 0 saturated heterocycles. The third kappa shape index (κ3) is 8.41. The van der Waals surface area contributed by atoms with Crippen LogP contribution in [0.5, 0.6) is 0 Å². The smallest absolute Gasteiger partial charge is 0.0669 e. The quantitative estimate of drug-likeness (QED) is 0.708. The predicted molar refractivity (Wildman–Crippen MR) is 62.4 cm³/mol. The highest BCUT2D eigenvalue weighted by Crippen LogP contribution is 2.20. The summed E-state index contributed by atoms with van der Waals surface area (Å²) in [6.07, 6.45) is 1.90. The lowest BCUT2D eigenvalue weighted by Gasteiger charge is -2.24. The Kier molecular flexibility index (Phi) is 6.55. The Morgan fingerprint density at radius 3 is 2.40 bits per heavy atom. The minimum atomic E-state index is -0.322. The Labute approximate surface area is 93.5 Å². The van der Waals surface area contributed by atoms with Gasteiger partial charge in [-0.15, -0.1) is 0 Å². The summed E-state index contributed by atoms with van der Waals surface area (Å²) in [4.78, 5) is 0. The fourth-order valence-corrected chi connectivity index (χ4v) is 1.55. The van der Waals surface area contributed by atoms with Crippen molar-refractivity contribution in [3.05, 3.63) is 0 Å². The second-order valence-electron chi connectivity index (χ2n) is 5.29. The maximum absolute atomic E-state index is 9.75. The largest absolute Gasteiger partial charge is 0.392 e. The van der Waals surface area contributed by atoms with Crippen LogP contribution in [0.25, 0.3) is 0 Å². The van der Waals surface area contributed by atoms with E-state index < -0.39 is 0 Å². The van der Waals surface area contributed by atoms with Gasteiger partial charge in [0.05, 0.1) is 18.6 Å². The van der Waals surface area contributed by atoms with Gasteiger partial charge in [-0.2, -0.15) is 5.26 Å². The van der Waals surface area contributed by atoms with Crippen molar-refractivity contribution >= 4 is 0 Å². The SMILES string of the molecule is CCC(CC#N)NCC(O)CC(C)(C)C. The molecule has 0 spiro atoms. The molecule has 0 aromatic rings. The van der Waals surface area contributed by atoms with Gasteiger partial charge in [0.25, 0.3) is 0 Å². The summed E-state index contributed by atoms with van der Waals surface area (Å²) in [5.74, 6) is 0. The molecule has 0 aromatic heterocycles. The molecule has 88 valence electrons. The predicted octanol–water partition coefficient (Wildman–Crippen LogP) is 2.07. The first-order valence-corrected chi connectivity index (χ1v) is 5.67. The second-order valence-corrected chi connectivity index (χ2v) is 5.29. The molecule has 0 heterocycles. The first-order valence-electron chi connectivity index (χ1n) is 5.67. The Balaban J connectivity index is 3.79. The van der Waals surface area contributed by atoms with Crippen molar-refractivity contribution in [2.24, 2.45) is 5.41 Å². The highest BCUT2D eigenvalue weighted by molar-refractivity contribution is 4.81. The summed E-state index contributed by atoms with van der Waals surface area (Å²) >= 11 is 0. The van der Waals surface area contributed by atoms with Gasteiger partial charge in [-0.25, -0.2) is 0 Å². The molecule has 3 heteroatoms. The molecule has 0 aliphatic rings. The minimum Gasteiger partial charge on any atom is -0.392 e. The van der Waals surface area contributed by atoms with Gasteiger partial charge in [-0.05, 0) is 18.3 Å². The van der Waals surface area contributed by atoms with Crippen LogP contribution in [-0.4, -0.2) is 23.8 Å². The number of hydrogen-bond acceptors (Lipinski definition) is 3. The van der Waals surface area contributed by atoms with E-state index in [1.54, 1.807) is 0 Å². The van der Waals surface area contributed by atoms with Crippen LogP contribution in [0.2, 0.25) is 0 Å². The molecule has 0 aromatic carbocycles. The Morgan fingerprint density at radius 1 is 1.40 bits per heavy atom. The molecule has 0 aliphatic heterocycles. The van der Waals surface area contributed by atoms with Crippen LogP contribution in [0.1, 0.15) is 47.0 Å². The highest BCUT2D eigenvalue weighted by atomic mass is 16.3. The zero-order valence-corrected chi connectivity index (χ0v) is 10.4. The number of rotatable bonds is 6. The summed E-state index contributed by atoms with van der Waals surface area (Å²) in [5.41, 5.74) is 0.151. The molecule has 0 fully saturated rings. The van der Waals surface area contributed by atoms with Crippen LogP contribution in [0.3, 0.4) is 0 Å². The van der Waals surface area contributed by atoms with Crippen LogP contribution in [0, 0.1) is 16.7 Å². The lowest BCUT2D eigenvalue weighted by atomic mass is 9.89. The molecular formula is C12H24N2O. The van der Waals surface area contributed by atoms with E-state index >= 15 is 0 Å². The molecule has 15 heavy (non-hydrogen) atoms. The van der Waals surface area contributed by atoms with Crippen LogP contribution in [0.15, 0.2) is 0 Å². The monoisotopic (exact) mass is 212 g/mol. The van der Waals surface area contributed by atoms with E-state index in [1.807, 2.05) is 6.92 Å². The summed E-state index contributed by atoms with van der Waals surface area (Å²) in [6, 6.07) is 2.36. The van der Waals surface area contributed by atoms with Crippen LogP contribution < -0.4 is 5.32 Å². The van der Waals surface area contributed by atoms with Crippen LogP contribution in [-0.2, 0) is 0 Å². The van der Waals surface area contributed by atoms with Gasteiger partial charge in [0.15, 0.2) is 0 Å². The lowest BCUT2D eigenvalue weighted by Crippen LogP contribution is -2.36. The van der Waals surface area contributed by atoms with E-state index in [9.17, 15) is 5.11 Å². The average Bonchev–Trinajstić information content (AvgIpc) is 2.09. The summed E-state index contributed by atoms with van der Waals surface area (Å²) < 4.78 is 0. The number of aliphatic hydroxyl groups excluding tert-OH is 1. The van der Waals surface area contributed by atoms with Crippen molar-refractivity contribution in [2.45, 2.75) is 59.1 Å². The van der Waals surface area contributed by atoms with Crippen LogP contribution >= 0.6 is 0 Å². The molecule has 0 amide bonds. The molecule has 0 radical (unpaired) electrons. The number of nitriles is 1. The standard InChI is InChI=1S/C12H24N2O/c1-5-10(6-7-13)14-9-11(15)8-12(2,3)4/h10-11,14-15H,5-6,8-9H2,1-4H3. The number of hydrogen-bond donors (Lipinski definition) is 2. The summed E-state index contributed by atoms with van der Waals surface area (Å²) in [6.45, 7) is 8.97. The van der Waals surface area contributed by atoms with Crippen molar-refractivity contribution in [3.8, 4) is 6.07 Å². The Bertz CT molecular complexity index is 203. The third-order valence-corrected chi connectivity index (χ3v) is 2.32. The molecule has 0 bridgehead atoms. The van der Waals surface area contributed by atoms with Gasteiger partial charge in [-0.3, -0.25) is 0 Å². The van der Waals surface area contributed by atoms with Gasteiger partial charge in [0.1, 0.15) is 0 Å². The van der Waals surface area contributed by atoms with E-state index in [0.717, 1.165) is 12.8 Å². The molecule has 2 unspecified atom stereocenters. The first-order chi connectivity index (χ1) is 6.89. The summed E-state index contributed by atoms with van der Waals surface area (Å²) in [5, 5.41) is 21.5. The average molecular weight is 212 g/mol. The minimum absolute atomic E-state index is 0.151. The van der Waals surface area contributed by atoms with Crippen molar-refractivity contribution in [1.29, 1.82) is 5.26 Å². The number of nitrogens with one attached hydrogen (secondary N) is 1. The van der Waals surface area contributed by atoms with Crippen molar-refractivity contribution in [3.63, 3.8) is 0 Å². The Hall–Kier alpha value is -0.590. The molecule has 0 saturated carbocycles. The van der Waals surface area contributed by atoms with Crippen molar-refractivity contribution in [1.82, 2.24) is 5.32 Å². The van der Waals surface area contributed by atoms with E-state index in [1.165, 1.54) is 0 Å². The van der Waals surface area contributed by atoms with E-state index in [2.05, 4.69) is 32.2 Å². The van der Waals surface area contributed by atoms with E-state index in [0.29, 0.717) is 13.0 Å². The molecule has 2 atom stereocenters. The maximum atomic E-state index is 9.75. The van der Waals surface area contributed by atoms with E-state index in [-0.39, 0.29) is 17.6 Å². The van der Waals surface area contributed by atoms with E-state index in [4.69, 9.17) is 5.26 Å². The van der Waals surface area contributed by atoms with Gasteiger partial charge in [0.2, 0.25) is 0 Å². The summed E-state index contributed by atoms with van der Waals surface area (Å²) in [7, 11) is 0. The van der Waals surface area contributed by atoms with Crippen molar-refractivity contribution in [2.75, 3.05) is 6.54 Å². The third-order valence-electron chi connectivity index (χ3n) is 2.32. The fraction of sp³-hybridized carbons (Fsp3) is 0.917. The first kappa shape index (κ1) is 14.4.